The monoisotopic (exact) mass is 238 g/mol. The lowest BCUT2D eigenvalue weighted by Gasteiger charge is -2.22. The Morgan fingerprint density at radius 1 is 1.38 bits per heavy atom. The molecule has 1 amide bonds. The first kappa shape index (κ1) is 11.4. The third kappa shape index (κ3) is 1.93. The summed E-state index contributed by atoms with van der Waals surface area (Å²) in [6, 6.07) is 7.49. The zero-order valence-electron chi connectivity index (χ0n) is 9.40. The van der Waals surface area contributed by atoms with Crippen molar-refractivity contribution in [3.05, 3.63) is 34.9 Å². The van der Waals surface area contributed by atoms with Crippen molar-refractivity contribution >= 4 is 17.5 Å². The van der Waals surface area contributed by atoms with Crippen molar-refractivity contribution in [3.8, 4) is 0 Å². The molecule has 1 aromatic rings. The molecular formula is C12H15ClN2O. The first-order chi connectivity index (χ1) is 7.63. The van der Waals surface area contributed by atoms with Crippen LogP contribution < -0.4 is 5.32 Å². The Labute approximate surface area is 100 Å². The SMILES string of the molecule is CCN1C(=O)C(C)NC1c1ccc(Cl)cc1. The van der Waals surface area contributed by atoms with E-state index in [1.54, 1.807) is 0 Å². The fourth-order valence-electron chi connectivity index (χ4n) is 2.03. The van der Waals surface area contributed by atoms with Crippen LogP contribution in [0.4, 0.5) is 0 Å². The average molecular weight is 239 g/mol. The molecule has 1 aliphatic rings. The van der Waals surface area contributed by atoms with Gasteiger partial charge in [-0.25, -0.2) is 0 Å². The van der Waals surface area contributed by atoms with E-state index < -0.39 is 0 Å². The third-order valence-electron chi connectivity index (χ3n) is 2.90. The van der Waals surface area contributed by atoms with Crippen molar-refractivity contribution in [1.29, 1.82) is 0 Å². The number of amides is 1. The molecule has 0 saturated carbocycles. The minimum atomic E-state index is -0.111. The Kier molecular flexibility index (Phi) is 3.17. The van der Waals surface area contributed by atoms with Crippen LogP contribution in [0.2, 0.25) is 5.02 Å². The zero-order valence-corrected chi connectivity index (χ0v) is 10.2. The maximum absolute atomic E-state index is 11.8. The number of hydrogen-bond donors (Lipinski definition) is 1. The van der Waals surface area contributed by atoms with Gasteiger partial charge < -0.3 is 4.90 Å². The van der Waals surface area contributed by atoms with Crippen LogP contribution in [0.25, 0.3) is 0 Å². The molecule has 1 N–H and O–H groups in total. The van der Waals surface area contributed by atoms with Crippen LogP contribution in [0.3, 0.4) is 0 Å². The maximum Gasteiger partial charge on any atom is 0.241 e. The van der Waals surface area contributed by atoms with Crippen LogP contribution >= 0.6 is 11.6 Å². The van der Waals surface area contributed by atoms with Crippen molar-refractivity contribution in [2.45, 2.75) is 26.1 Å². The van der Waals surface area contributed by atoms with E-state index >= 15 is 0 Å². The molecule has 2 unspecified atom stereocenters. The van der Waals surface area contributed by atoms with E-state index in [1.165, 1.54) is 0 Å². The number of nitrogens with zero attached hydrogens (tertiary/aromatic N) is 1. The van der Waals surface area contributed by atoms with Crippen molar-refractivity contribution in [2.75, 3.05) is 6.54 Å². The highest BCUT2D eigenvalue weighted by molar-refractivity contribution is 6.30. The molecule has 4 heteroatoms. The van der Waals surface area contributed by atoms with E-state index in [2.05, 4.69) is 5.32 Å². The van der Waals surface area contributed by atoms with Gasteiger partial charge in [0.2, 0.25) is 5.91 Å². The molecule has 0 aromatic heterocycles. The predicted octanol–water partition coefficient (Wildman–Crippen LogP) is 2.18. The van der Waals surface area contributed by atoms with Crippen LogP contribution in [0, 0.1) is 0 Å². The van der Waals surface area contributed by atoms with Gasteiger partial charge in [0.25, 0.3) is 0 Å². The van der Waals surface area contributed by atoms with E-state index in [0.717, 1.165) is 5.56 Å². The van der Waals surface area contributed by atoms with Gasteiger partial charge >= 0.3 is 0 Å². The molecule has 1 aromatic carbocycles. The van der Waals surface area contributed by atoms with Crippen LogP contribution in [0.1, 0.15) is 25.6 Å². The quantitative estimate of drug-likeness (QED) is 0.857. The number of hydrogen-bond acceptors (Lipinski definition) is 2. The van der Waals surface area contributed by atoms with Crippen molar-refractivity contribution in [2.24, 2.45) is 0 Å². The highest BCUT2D eigenvalue weighted by Gasteiger charge is 2.35. The summed E-state index contributed by atoms with van der Waals surface area (Å²) in [5, 5.41) is 3.99. The second kappa shape index (κ2) is 4.44. The molecule has 0 bridgehead atoms. The average Bonchev–Trinajstić information content (AvgIpc) is 2.56. The Morgan fingerprint density at radius 3 is 2.56 bits per heavy atom. The largest absolute Gasteiger partial charge is 0.322 e. The van der Waals surface area contributed by atoms with Gasteiger partial charge in [0.05, 0.1) is 6.04 Å². The lowest BCUT2D eigenvalue weighted by Crippen LogP contribution is -2.30. The number of benzene rings is 1. The van der Waals surface area contributed by atoms with Gasteiger partial charge in [-0.2, -0.15) is 0 Å². The van der Waals surface area contributed by atoms with Crippen molar-refractivity contribution in [3.63, 3.8) is 0 Å². The Hall–Kier alpha value is -1.06. The molecule has 0 spiro atoms. The second-order valence-electron chi connectivity index (χ2n) is 3.97. The van der Waals surface area contributed by atoms with Crippen LogP contribution in [0.15, 0.2) is 24.3 Å². The van der Waals surface area contributed by atoms with E-state index in [9.17, 15) is 4.79 Å². The van der Waals surface area contributed by atoms with Gasteiger partial charge in [-0.1, -0.05) is 23.7 Å². The number of nitrogens with one attached hydrogen (secondary N) is 1. The molecule has 1 saturated heterocycles. The Balaban J connectivity index is 2.27. The first-order valence-corrected chi connectivity index (χ1v) is 5.83. The molecule has 16 heavy (non-hydrogen) atoms. The Morgan fingerprint density at radius 2 is 2.00 bits per heavy atom. The summed E-state index contributed by atoms with van der Waals surface area (Å²) in [4.78, 5) is 13.7. The molecule has 1 fully saturated rings. The number of carbonyl (C=O) groups excluding carboxylic acids is 1. The van der Waals surface area contributed by atoms with E-state index in [4.69, 9.17) is 11.6 Å². The van der Waals surface area contributed by atoms with Gasteiger partial charge in [0.15, 0.2) is 0 Å². The summed E-state index contributed by atoms with van der Waals surface area (Å²) in [5.41, 5.74) is 1.07. The molecule has 0 radical (unpaired) electrons. The summed E-state index contributed by atoms with van der Waals surface area (Å²) in [6.45, 7) is 4.59. The van der Waals surface area contributed by atoms with Gasteiger partial charge in [0, 0.05) is 11.6 Å². The van der Waals surface area contributed by atoms with E-state index in [0.29, 0.717) is 11.6 Å². The van der Waals surface area contributed by atoms with Crippen molar-refractivity contribution < 1.29 is 4.79 Å². The lowest BCUT2D eigenvalue weighted by molar-refractivity contribution is -0.129. The maximum atomic E-state index is 11.8. The summed E-state index contributed by atoms with van der Waals surface area (Å²) >= 11 is 5.85. The van der Waals surface area contributed by atoms with Crippen molar-refractivity contribution in [1.82, 2.24) is 10.2 Å². The topological polar surface area (TPSA) is 32.3 Å². The first-order valence-electron chi connectivity index (χ1n) is 5.45. The van der Waals surface area contributed by atoms with Crippen LogP contribution in [0.5, 0.6) is 0 Å². The lowest BCUT2D eigenvalue weighted by atomic mass is 10.1. The molecule has 1 heterocycles. The molecule has 0 aliphatic carbocycles. The minimum Gasteiger partial charge on any atom is -0.322 e. The molecule has 2 rings (SSSR count). The fourth-order valence-corrected chi connectivity index (χ4v) is 2.16. The highest BCUT2D eigenvalue weighted by Crippen LogP contribution is 2.25. The predicted molar refractivity (Wildman–Crippen MR) is 64.2 cm³/mol. The summed E-state index contributed by atoms with van der Waals surface area (Å²) in [7, 11) is 0. The summed E-state index contributed by atoms with van der Waals surface area (Å²) in [6.07, 6.45) is -0.0234. The zero-order chi connectivity index (χ0) is 11.7. The minimum absolute atomic E-state index is 0.0234. The number of halogens is 1. The molecule has 3 nitrogen and oxygen atoms in total. The van der Waals surface area contributed by atoms with Crippen LogP contribution in [-0.2, 0) is 4.79 Å². The normalized spacial score (nSPS) is 25.2. The van der Waals surface area contributed by atoms with Gasteiger partial charge in [-0.3, -0.25) is 10.1 Å². The standard InChI is InChI=1S/C12H15ClN2O/c1-3-15-11(14-8(2)12(15)16)9-4-6-10(13)7-5-9/h4-8,11,14H,3H2,1-2H3. The number of carbonyl (C=O) groups is 1. The van der Waals surface area contributed by atoms with Gasteiger partial charge in [0.1, 0.15) is 6.17 Å². The van der Waals surface area contributed by atoms with Gasteiger partial charge in [-0.05, 0) is 31.5 Å². The van der Waals surface area contributed by atoms with E-state index in [-0.39, 0.29) is 18.1 Å². The third-order valence-corrected chi connectivity index (χ3v) is 3.15. The number of rotatable bonds is 2. The van der Waals surface area contributed by atoms with Gasteiger partial charge in [-0.15, -0.1) is 0 Å². The van der Waals surface area contributed by atoms with E-state index in [1.807, 2.05) is 43.0 Å². The molecular weight excluding hydrogens is 224 g/mol. The highest BCUT2D eigenvalue weighted by atomic mass is 35.5. The number of likely N-dealkylation sites (N-methyl/N-ethyl adjacent to an activating group) is 1. The molecule has 86 valence electrons. The Bertz CT molecular complexity index is 391. The van der Waals surface area contributed by atoms with Crippen LogP contribution in [-0.4, -0.2) is 23.4 Å². The smallest absolute Gasteiger partial charge is 0.241 e. The fraction of sp³-hybridized carbons (Fsp3) is 0.417. The summed E-state index contributed by atoms with van der Waals surface area (Å²) in [5.74, 6) is 0.155. The summed E-state index contributed by atoms with van der Waals surface area (Å²) < 4.78 is 0. The molecule has 1 aliphatic heterocycles. The molecule has 2 atom stereocenters. The second-order valence-corrected chi connectivity index (χ2v) is 4.40.